The summed E-state index contributed by atoms with van der Waals surface area (Å²) in [6.07, 6.45) is 1.59. The molecule has 0 aromatic heterocycles. The van der Waals surface area contributed by atoms with Gasteiger partial charge in [0.15, 0.2) is 0 Å². The van der Waals surface area contributed by atoms with Crippen molar-refractivity contribution in [1.29, 1.82) is 0 Å². The Bertz CT molecular complexity index is 960. The molecule has 32 heavy (non-hydrogen) atoms. The Hall–Kier alpha value is -3.35. The van der Waals surface area contributed by atoms with Crippen LogP contribution in [0.2, 0.25) is 0 Å². The highest BCUT2D eigenvalue weighted by Crippen LogP contribution is 2.44. The number of aliphatic carboxylic acids is 1. The molecule has 0 heterocycles. The number of carboxylic acid groups (broad SMARTS) is 1. The molecule has 2 aliphatic carbocycles. The monoisotopic (exact) mass is 436 g/mol. The Balaban J connectivity index is 1.18. The molecule has 1 saturated carbocycles. The number of alkyl carbamates (subject to hydrolysis) is 1. The van der Waals surface area contributed by atoms with E-state index in [-0.39, 0.29) is 36.7 Å². The van der Waals surface area contributed by atoms with E-state index in [0.29, 0.717) is 25.9 Å². The third-order valence-electron chi connectivity index (χ3n) is 6.23. The third kappa shape index (κ3) is 5.10. The zero-order valence-electron chi connectivity index (χ0n) is 17.9. The largest absolute Gasteiger partial charge is 0.481 e. The number of carbonyl (C=O) groups excluding carboxylic acids is 2. The van der Waals surface area contributed by atoms with E-state index in [0.717, 1.165) is 6.42 Å². The summed E-state index contributed by atoms with van der Waals surface area (Å²) in [4.78, 5) is 34.9. The lowest BCUT2D eigenvalue weighted by Crippen LogP contribution is -2.30. The van der Waals surface area contributed by atoms with E-state index in [1.165, 1.54) is 22.3 Å². The maximum absolute atomic E-state index is 12.2. The van der Waals surface area contributed by atoms with Crippen LogP contribution in [0.1, 0.15) is 42.7 Å². The van der Waals surface area contributed by atoms with Gasteiger partial charge < -0.3 is 20.5 Å². The molecular formula is C25H28N2O5. The van der Waals surface area contributed by atoms with Crippen LogP contribution in [0.25, 0.3) is 11.1 Å². The minimum absolute atomic E-state index is 0.0220. The Kier molecular flexibility index (Phi) is 6.73. The van der Waals surface area contributed by atoms with Crippen LogP contribution in [0.15, 0.2) is 48.5 Å². The molecule has 2 aromatic rings. The molecule has 0 aliphatic heterocycles. The molecule has 0 saturated heterocycles. The van der Waals surface area contributed by atoms with Crippen LogP contribution in [0.4, 0.5) is 4.79 Å². The van der Waals surface area contributed by atoms with E-state index >= 15 is 0 Å². The van der Waals surface area contributed by atoms with Crippen molar-refractivity contribution >= 4 is 18.0 Å². The number of ether oxygens (including phenoxy) is 1. The van der Waals surface area contributed by atoms with Gasteiger partial charge in [-0.05, 0) is 47.4 Å². The second-order valence-corrected chi connectivity index (χ2v) is 8.45. The van der Waals surface area contributed by atoms with Gasteiger partial charge in [-0.3, -0.25) is 9.59 Å². The van der Waals surface area contributed by atoms with Crippen molar-refractivity contribution in [3.63, 3.8) is 0 Å². The SMILES string of the molecule is O=C(O)CCCCNC(=O)[C@H]1C[C@H]1CNC(=O)OCC1c2ccccc2-c2ccccc21. The van der Waals surface area contributed by atoms with Gasteiger partial charge in [0.1, 0.15) is 6.61 Å². The predicted octanol–water partition coefficient (Wildman–Crippen LogP) is 3.53. The minimum Gasteiger partial charge on any atom is -0.481 e. The molecule has 2 amide bonds. The van der Waals surface area contributed by atoms with Gasteiger partial charge in [0.05, 0.1) is 0 Å². The van der Waals surface area contributed by atoms with Crippen LogP contribution < -0.4 is 10.6 Å². The molecule has 2 aliphatic rings. The molecule has 2 atom stereocenters. The average Bonchev–Trinajstić information content (AvgIpc) is 3.51. The van der Waals surface area contributed by atoms with E-state index in [1.54, 1.807) is 0 Å². The summed E-state index contributed by atoms with van der Waals surface area (Å²) in [6, 6.07) is 16.4. The van der Waals surface area contributed by atoms with E-state index in [2.05, 4.69) is 34.9 Å². The number of unbranched alkanes of at least 4 members (excludes halogenated alkanes) is 1. The number of amides is 2. The summed E-state index contributed by atoms with van der Waals surface area (Å²) in [5, 5.41) is 14.2. The number of fused-ring (bicyclic) bond motifs is 3. The van der Waals surface area contributed by atoms with Crippen molar-refractivity contribution in [2.75, 3.05) is 19.7 Å². The van der Waals surface area contributed by atoms with Crippen LogP contribution in [-0.4, -0.2) is 42.8 Å². The van der Waals surface area contributed by atoms with Crippen molar-refractivity contribution < 1.29 is 24.2 Å². The molecule has 0 spiro atoms. The summed E-state index contributed by atoms with van der Waals surface area (Å²) in [5.41, 5.74) is 4.71. The van der Waals surface area contributed by atoms with Gasteiger partial charge in [-0.1, -0.05) is 48.5 Å². The van der Waals surface area contributed by atoms with Crippen molar-refractivity contribution in [2.45, 2.75) is 31.6 Å². The first-order valence-electron chi connectivity index (χ1n) is 11.1. The second kappa shape index (κ2) is 9.85. The van der Waals surface area contributed by atoms with Crippen molar-refractivity contribution in [2.24, 2.45) is 11.8 Å². The van der Waals surface area contributed by atoms with Gasteiger partial charge >= 0.3 is 12.1 Å². The number of carbonyl (C=O) groups is 3. The van der Waals surface area contributed by atoms with Crippen LogP contribution >= 0.6 is 0 Å². The van der Waals surface area contributed by atoms with E-state index in [4.69, 9.17) is 9.84 Å². The maximum Gasteiger partial charge on any atom is 0.407 e. The standard InChI is InChI=1S/C25H28N2O5/c28-23(29)11-5-6-12-26-24(30)21-13-16(21)14-27-25(31)32-15-22-19-9-3-1-7-17(19)18-8-2-4-10-20(18)22/h1-4,7-10,16,21-22H,5-6,11-15H2,(H,26,30)(H,27,31)(H,28,29)/t16-,21-/m0/s1. The topological polar surface area (TPSA) is 105 Å². The molecule has 168 valence electrons. The molecule has 3 N–H and O–H groups in total. The number of benzene rings is 2. The van der Waals surface area contributed by atoms with Gasteiger partial charge in [0.2, 0.25) is 5.91 Å². The highest BCUT2D eigenvalue weighted by atomic mass is 16.5. The highest BCUT2D eigenvalue weighted by Gasteiger charge is 2.42. The van der Waals surface area contributed by atoms with Gasteiger partial charge in [0, 0.05) is 31.3 Å². The lowest BCUT2D eigenvalue weighted by atomic mass is 9.98. The Morgan fingerprint density at radius 3 is 2.25 bits per heavy atom. The van der Waals surface area contributed by atoms with Crippen molar-refractivity contribution in [1.82, 2.24) is 10.6 Å². The van der Waals surface area contributed by atoms with E-state index < -0.39 is 12.1 Å². The first-order chi connectivity index (χ1) is 15.5. The fourth-order valence-corrected chi connectivity index (χ4v) is 4.40. The minimum atomic E-state index is -0.821. The summed E-state index contributed by atoms with van der Waals surface area (Å²) >= 11 is 0. The van der Waals surface area contributed by atoms with Gasteiger partial charge in [-0.15, -0.1) is 0 Å². The quantitative estimate of drug-likeness (QED) is 0.494. The number of carboxylic acids is 1. The fourth-order valence-electron chi connectivity index (χ4n) is 4.40. The van der Waals surface area contributed by atoms with Gasteiger partial charge in [-0.25, -0.2) is 4.79 Å². The lowest BCUT2D eigenvalue weighted by Gasteiger charge is -2.14. The van der Waals surface area contributed by atoms with Crippen LogP contribution in [0.3, 0.4) is 0 Å². The molecule has 7 nitrogen and oxygen atoms in total. The molecule has 2 aromatic carbocycles. The smallest absolute Gasteiger partial charge is 0.407 e. The van der Waals surface area contributed by atoms with Crippen LogP contribution in [-0.2, 0) is 14.3 Å². The van der Waals surface area contributed by atoms with Crippen LogP contribution in [0.5, 0.6) is 0 Å². The van der Waals surface area contributed by atoms with E-state index in [9.17, 15) is 14.4 Å². The lowest BCUT2D eigenvalue weighted by molar-refractivity contribution is -0.137. The number of rotatable bonds is 10. The zero-order valence-corrected chi connectivity index (χ0v) is 17.9. The predicted molar refractivity (Wildman–Crippen MR) is 119 cm³/mol. The Morgan fingerprint density at radius 1 is 0.938 bits per heavy atom. The first kappa shape index (κ1) is 21.9. The van der Waals surface area contributed by atoms with Crippen molar-refractivity contribution in [3.05, 3.63) is 59.7 Å². The second-order valence-electron chi connectivity index (χ2n) is 8.45. The Morgan fingerprint density at radius 2 is 1.59 bits per heavy atom. The molecule has 1 fully saturated rings. The summed E-state index contributed by atoms with van der Waals surface area (Å²) in [5.74, 6) is -0.802. The summed E-state index contributed by atoms with van der Waals surface area (Å²) in [6.45, 7) is 1.16. The number of hydrogen-bond donors (Lipinski definition) is 3. The number of nitrogens with one attached hydrogen (secondary N) is 2. The summed E-state index contributed by atoms with van der Waals surface area (Å²) in [7, 11) is 0. The van der Waals surface area contributed by atoms with Crippen molar-refractivity contribution in [3.8, 4) is 11.1 Å². The third-order valence-corrected chi connectivity index (χ3v) is 6.23. The van der Waals surface area contributed by atoms with Crippen LogP contribution in [0, 0.1) is 11.8 Å². The molecule has 0 radical (unpaired) electrons. The van der Waals surface area contributed by atoms with E-state index in [1.807, 2.05) is 24.3 Å². The molecule has 0 bridgehead atoms. The molecular weight excluding hydrogens is 408 g/mol. The number of hydrogen-bond acceptors (Lipinski definition) is 4. The van der Waals surface area contributed by atoms with Gasteiger partial charge in [-0.2, -0.15) is 0 Å². The Labute approximate surface area is 187 Å². The first-order valence-corrected chi connectivity index (χ1v) is 11.1. The maximum atomic E-state index is 12.2. The summed E-state index contributed by atoms with van der Waals surface area (Å²) < 4.78 is 5.53. The molecule has 4 rings (SSSR count). The zero-order chi connectivity index (χ0) is 22.5. The normalized spacial score (nSPS) is 18.4. The average molecular weight is 437 g/mol. The molecule has 7 heteroatoms. The fraction of sp³-hybridized carbons (Fsp3) is 0.400. The highest BCUT2D eigenvalue weighted by molar-refractivity contribution is 5.82. The molecule has 0 unspecified atom stereocenters. The van der Waals surface area contributed by atoms with Gasteiger partial charge in [0.25, 0.3) is 0 Å².